The molecule has 22 heavy (non-hydrogen) atoms. The maximum absolute atomic E-state index is 13.5. The zero-order chi connectivity index (χ0) is 15.4. The van der Waals surface area contributed by atoms with Crippen molar-refractivity contribution in [2.75, 3.05) is 0 Å². The van der Waals surface area contributed by atoms with Gasteiger partial charge in [-0.05, 0) is 42.5 Å². The van der Waals surface area contributed by atoms with Crippen LogP contribution in [0.1, 0.15) is 15.9 Å². The Morgan fingerprint density at radius 2 is 1.86 bits per heavy atom. The Morgan fingerprint density at radius 1 is 1.09 bits per heavy atom. The summed E-state index contributed by atoms with van der Waals surface area (Å²) in [5.41, 5.74) is 1.87. The number of carbonyl (C=O) groups excluding carboxylic acids is 1. The van der Waals surface area contributed by atoms with Gasteiger partial charge < -0.3 is 4.57 Å². The molecule has 0 aliphatic rings. The predicted octanol–water partition coefficient (Wildman–Crippen LogP) is 3.91. The topological polar surface area (TPSA) is 34.9 Å². The van der Waals surface area contributed by atoms with E-state index in [1.807, 2.05) is 22.9 Å². The normalized spacial score (nSPS) is 11.0. The predicted molar refractivity (Wildman–Crippen MR) is 83.3 cm³/mol. The molecule has 2 aromatic carbocycles. The van der Waals surface area contributed by atoms with Crippen molar-refractivity contribution in [1.82, 2.24) is 9.55 Å². The highest BCUT2D eigenvalue weighted by Gasteiger charge is 2.03. The second-order valence-corrected chi connectivity index (χ2v) is 4.74. The maximum Gasteiger partial charge on any atom is 0.185 e. The maximum atomic E-state index is 13.5. The summed E-state index contributed by atoms with van der Waals surface area (Å²) in [6, 6.07) is 13.5. The van der Waals surface area contributed by atoms with Crippen molar-refractivity contribution in [3.8, 4) is 5.69 Å². The smallest absolute Gasteiger partial charge is 0.185 e. The lowest BCUT2D eigenvalue weighted by atomic mass is 10.1. The van der Waals surface area contributed by atoms with Crippen molar-refractivity contribution in [1.29, 1.82) is 0 Å². The average Bonchev–Trinajstić information content (AvgIpc) is 3.08. The quantitative estimate of drug-likeness (QED) is 0.540. The second-order valence-electron chi connectivity index (χ2n) is 4.74. The number of nitrogens with zero attached hydrogens (tertiary/aromatic N) is 2. The molecule has 108 valence electrons. The van der Waals surface area contributed by atoms with Crippen molar-refractivity contribution in [2.24, 2.45) is 0 Å². The standard InChI is InChI=1S/C18H13FN2O/c19-17-4-2-1-3-14(17)7-10-18(22)15-5-8-16(9-6-15)21-12-11-20-13-21/h1-13H/b10-7+. The van der Waals surface area contributed by atoms with Gasteiger partial charge in [0.2, 0.25) is 0 Å². The summed E-state index contributed by atoms with van der Waals surface area (Å²) in [7, 11) is 0. The fourth-order valence-corrected chi connectivity index (χ4v) is 2.08. The minimum absolute atomic E-state index is 0.166. The van der Waals surface area contributed by atoms with Gasteiger partial charge in [-0.15, -0.1) is 0 Å². The van der Waals surface area contributed by atoms with Crippen LogP contribution in [0, 0.1) is 5.82 Å². The van der Waals surface area contributed by atoms with Gasteiger partial charge in [0.25, 0.3) is 0 Å². The monoisotopic (exact) mass is 292 g/mol. The van der Waals surface area contributed by atoms with E-state index in [0.29, 0.717) is 11.1 Å². The summed E-state index contributed by atoms with van der Waals surface area (Å²) in [6.07, 6.45) is 8.08. The molecule has 0 saturated carbocycles. The summed E-state index contributed by atoms with van der Waals surface area (Å²) < 4.78 is 15.3. The highest BCUT2D eigenvalue weighted by Crippen LogP contribution is 2.12. The molecule has 0 spiro atoms. The van der Waals surface area contributed by atoms with Gasteiger partial charge in [-0.3, -0.25) is 4.79 Å². The molecule has 0 fully saturated rings. The van der Waals surface area contributed by atoms with Crippen LogP contribution in [0.25, 0.3) is 11.8 Å². The zero-order valence-electron chi connectivity index (χ0n) is 11.7. The summed E-state index contributed by atoms with van der Waals surface area (Å²) in [5, 5.41) is 0. The van der Waals surface area contributed by atoms with Crippen LogP contribution in [0.2, 0.25) is 0 Å². The van der Waals surface area contributed by atoms with Crippen molar-refractivity contribution in [3.63, 3.8) is 0 Å². The highest BCUT2D eigenvalue weighted by molar-refractivity contribution is 6.06. The molecule has 3 nitrogen and oxygen atoms in total. The van der Waals surface area contributed by atoms with E-state index in [-0.39, 0.29) is 11.6 Å². The van der Waals surface area contributed by atoms with E-state index in [2.05, 4.69) is 4.98 Å². The van der Waals surface area contributed by atoms with Crippen LogP contribution < -0.4 is 0 Å². The molecule has 1 heterocycles. The summed E-state index contributed by atoms with van der Waals surface area (Å²) in [4.78, 5) is 16.1. The molecule has 0 aliphatic heterocycles. The molecule has 4 heteroatoms. The number of imidazole rings is 1. The molecule has 0 atom stereocenters. The fraction of sp³-hybridized carbons (Fsp3) is 0. The largest absolute Gasteiger partial charge is 0.306 e. The van der Waals surface area contributed by atoms with Gasteiger partial charge >= 0.3 is 0 Å². The van der Waals surface area contributed by atoms with E-state index in [4.69, 9.17) is 0 Å². The van der Waals surface area contributed by atoms with Crippen molar-refractivity contribution < 1.29 is 9.18 Å². The Hall–Kier alpha value is -3.01. The van der Waals surface area contributed by atoms with Crippen LogP contribution in [0.5, 0.6) is 0 Å². The number of hydrogen-bond acceptors (Lipinski definition) is 2. The van der Waals surface area contributed by atoms with Gasteiger partial charge in [-0.2, -0.15) is 0 Å². The zero-order valence-corrected chi connectivity index (χ0v) is 11.7. The molecule has 0 saturated heterocycles. The molecule has 1 aromatic heterocycles. The van der Waals surface area contributed by atoms with Gasteiger partial charge in [0.05, 0.1) is 6.33 Å². The molecule has 0 aliphatic carbocycles. The molecule has 0 radical (unpaired) electrons. The molecule has 0 bridgehead atoms. The molecular formula is C18H13FN2O. The van der Waals surface area contributed by atoms with Gasteiger partial charge in [0, 0.05) is 29.2 Å². The number of halogens is 1. The Bertz CT molecular complexity index is 805. The van der Waals surface area contributed by atoms with E-state index < -0.39 is 0 Å². The second kappa shape index (κ2) is 6.18. The number of rotatable bonds is 4. The number of allylic oxidation sites excluding steroid dienone is 1. The molecule has 0 unspecified atom stereocenters. The third-order valence-corrected chi connectivity index (χ3v) is 3.27. The Kier molecular flexibility index (Phi) is 3.92. The van der Waals surface area contributed by atoms with Crippen LogP contribution >= 0.6 is 0 Å². The summed E-state index contributed by atoms with van der Waals surface area (Å²) in [5.74, 6) is -0.512. The van der Waals surface area contributed by atoms with E-state index in [1.165, 1.54) is 18.2 Å². The number of aromatic nitrogens is 2. The molecule has 0 N–H and O–H groups in total. The number of carbonyl (C=O) groups is 1. The number of benzene rings is 2. The third kappa shape index (κ3) is 3.01. The van der Waals surface area contributed by atoms with Crippen molar-refractivity contribution in [3.05, 3.63) is 90.3 Å². The van der Waals surface area contributed by atoms with Crippen LogP contribution in [0.4, 0.5) is 4.39 Å². The lowest BCUT2D eigenvalue weighted by molar-refractivity contribution is 0.104. The van der Waals surface area contributed by atoms with Crippen molar-refractivity contribution in [2.45, 2.75) is 0 Å². The minimum atomic E-state index is -0.345. The fourth-order valence-electron chi connectivity index (χ4n) is 2.08. The van der Waals surface area contributed by atoms with E-state index in [1.54, 1.807) is 42.9 Å². The SMILES string of the molecule is O=C(/C=C/c1ccccc1F)c1ccc(-n2ccnc2)cc1. The average molecular weight is 292 g/mol. The lowest BCUT2D eigenvalue weighted by Gasteiger charge is -2.02. The first kappa shape index (κ1) is 13.9. The van der Waals surface area contributed by atoms with Gasteiger partial charge in [0.15, 0.2) is 5.78 Å². The number of hydrogen-bond donors (Lipinski definition) is 0. The first-order valence-corrected chi connectivity index (χ1v) is 6.79. The highest BCUT2D eigenvalue weighted by atomic mass is 19.1. The van der Waals surface area contributed by atoms with Crippen LogP contribution in [0.15, 0.2) is 73.3 Å². The first-order valence-electron chi connectivity index (χ1n) is 6.79. The molecule has 3 aromatic rings. The Balaban J connectivity index is 1.77. The van der Waals surface area contributed by atoms with E-state index >= 15 is 0 Å². The van der Waals surface area contributed by atoms with Gasteiger partial charge in [0.1, 0.15) is 5.82 Å². The van der Waals surface area contributed by atoms with Crippen LogP contribution in [-0.4, -0.2) is 15.3 Å². The van der Waals surface area contributed by atoms with Crippen molar-refractivity contribution >= 4 is 11.9 Å². The molecule has 3 rings (SSSR count). The van der Waals surface area contributed by atoms with Gasteiger partial charge in [-0.25, -0.2) is 9.37 Å². The van der Waals surface area contributed by atoms with E-state index in [9.17, 15) is 9.18 Å². The van der Waals surface area contributed by atoms with Crippen LogP contribution in [-0.2, 0) is 0 Å². The van der Waals surface area contributed by atoms with Gasteiger partial charge in [-0.1, -0.05) is 18.2 Å². The summed E-state index contributed by atoms with van der Waals surface area (Å²) >= 11 is 0. The first-order chi connectivity index (χ1) is 10.7. The van der Waals surface area contributed by atoms with Crippen LogP contribution in [0.3, 0.4) is 0 Å². The lowest BCUT2D eigenvalue weighted by Crippen LogP contribution is -1.96. The van der Waals surface area contributed by atoms with E-state index in [0.717, 1.165) is 5.69 Å². The molecular weight excluding hydrogens is 279 g/mol. The summed E-state index contributed by atoms with van der Waals surface area (Å²) in [6.45, 7) is 0. The Labute approximate surface area is 127 Å². The third-order valence-electron chi connectivity index (χ3n) is 3.27. The number of ketones is 1. The molecule has 0 amide bonds. The Morgan fingerprint density at radius 3 is 2.55 bits per heavy atom. The minimum Gasteiger partial charge on any atom is -0.306 e.